The second kappa shape index (κ2) is 5.71. The van der Waals surface area contributed by atoms with Crippen molar-refractivity contribution in [2.24, 2.45) is 0 Å². The lowest BCUT2D eigenvalue weighted by Gasteiger charge is -2.21. The molecule has 0 spiro atoms. The predicted molar refractivity (Wildman–Crippen MR) is 67.7 cm³/mol. The highest BCUT2D eigenvalue weighted by molar-refractivity contribution is 7.91. The van der Waals surface area contributed by atoms with Gasteiger partial charge < -0.3 is 10.2 Å². The molecule has 0 bridgehead atoms. The number of hydrogen-bond donors (Lipinski definition) is 1. The highest BCUT2D eigenvalue weighted by atomic mass is 32.2. The van der Waals surface area contributed by atoms with Gasteiger partial charge in [-0.1, -0.05) is 13.8 Å². The molecule has 1 aliphatic heterocycles. The van der Waals surface area contributed by atoms with Gasteiger partial charge in [0.15, 0.2) is 9.84 Å². The number of nitrogens with zero attached hydrogens (tertiary/aromatic N) is 1. The van der Waals surface area contributed by atoms with Crippen molar-refractivity contribution in [3.8, 4) is 0 Å². The average molecular weight is 262 g/mol. The maximum absolute atomic E-state index is 11.9. The molecule has 0 saturated carbocycles. The number of amides is 2. The molecule has 0 aromatic carbocycles. The standard InChI is InChI=1S/C11H22N2O3S/c1-4-9(5-2)12-11(14)13-7-6-10(8-13)17(3,15)16/h9-10H,4-8H2,1-3H3,(H,12,14). The van der Waals surface area contributed by atoms with Gasteiger partial charge in [-0.05, 0) is 19.3 Å². The number of nitrogens with one attached hydrogen (secondary N) is 1. The van der Waals surface area contributed by atoms with Crippen molar-refractivity contribution in [1.82, 2.24) is 10.2 Å². The number of hydrogen-bond acceptors (Lipinski definition) is 3. The first-order valence-corrected chi connectivity index (χ1v) is 8.08. The minimum atomic E-state index is -3.03. The first-order valence-electron chi connectivity index (χ1n) is 6.12. The van der Waals surface area contributed by atoms with Crippen LogP contribution in [0.15, 0.2) is 0 Å². The van der Waals surface area contributed by atoms with Gasteiger partial charge in [-0.15, -0.1) is 0 Å². The lowest BCUT2D eigenvalue weighted by atomic mass is 10.2. The normalized spacial score (nSPS) is 20.9. The highest BCUT2D eigenvalue weighted by Gasteiger charge is 2.32. The third-order valence-corrected chi connectivity index (χ3v) is 4.95. The number of rotatable bonds is 4. The van der Waals surface area contributed by atoms with E-state index in [1.165, 1.54) is 6.26 Å². The first kappa shape index (κ1) is 14.3. The topological polar surface area (TPSA) is 66.5 Å². The molecule has 1 rings (SSSR count). The maximum atomic E-state index is 11.9. The zero-order chi connectivity index (χ0) is 13.1. The van der Waals surface area contributed by atoms with Crippen LogP contribution in [0.5, 0.6) is 0 Å². The molecule has 100 valence electrons. The molecule has 1 atom stereocenters. The third-order valence-electron chi connectivity index (χ3n) is 3.35. The van der Waals surface area contributed by atoms with Crippen molar-refractivity contribution >= 4 is 15.9 Å². The van der Waals surface area contributed by atoms with Crippen LogP contribution in [0.2, 0.25) is 0 Å². The molecule has 0 aromatic heterocycles. The van der Waals surface area contributed by atoms with Crippen molar-refractivity contribution in [2.75, 3.05) is 19.3 Å². The molecule has 1 fully saturated rings. The summed E-state index contributed by atoms with van der Waals surface area (Å²) in [6.45, 7) is 4.91. The minimum absolute atomic E-state index is 0.134. The molecule has 1 saturated heterocycles. The highest BCUT2D eigenvalue weighted by Crippen LogP contribution is 2.16. The Labute approximate surface area is 103 Å². The molecule has 6 heteroatoms. The van der Waals surface area contributed by atoms with E-state index in [1.807, 2.05) is 13.8 Å². The van der Waals surface area contributed by atoms with Crippen LogP contribution in [0.3, 0.4) is 0 Å². The van der Waals surface area contributed by atoms with Gasteiger partial charge in [0, 0.05) is 25.4 Å². The van der Waals surface area contributed by atoms with Gasteiger partial charge >= 0.3 is 6.03 Å². The number of carbonyl (C=O) groups is 1. The Hall–Kier alpha value is -0.780. The van der Waals surface area contributed by atoms with Gasteiger partial charge in [0.1, 0.15) is 0 Å². The van der Waals surface area contributed by atoms with Crippen LogP contribution in [0.4, 0.5) is 4.79 Å². The molecule has 1 heterocycles. The predicted octanol–water partition coefficient (Wildman–Crippen LogP) is 1.00. The summed E-state index contributed by atoms with van der Waals surface area (Å²) in [5.74, 6) is 0. The van der Waals surface area contributed by atoms with Crippen LogP contribution in [-0.2, 0) is 9.84 Å². The molecule has 1 unspecified atom stereocenters. The molecule has 0 aliphatic carbocycles. The molecule has 5 nitrogen and oxygen atoms in total. The van der Waals surface area contributed by atoms with Gasteiger partial charge in [0.25, 0.3) is 0 Å². The molecule has 17 heavy (non-hydrogen) atoms. The van der Waals surface area contributed by atoms with E-state index in [9.17, 15) is 13.2 Å². The number of urea groups is 1. The third kappa shape index (κ3) is 3.87. The summed E-state index contributed by atoms with van der Waals surface area (Å²) in [6, 6.07) is 0.0460. The number of likely N-dealkylation sites (tertiary alicyclic amines) is 1. The molecular formula is C11H22N2O3S. The summed E-state index contributed by atoms with van der Waals surface area (Å²) >= 11 is 0. The monoisotopic (exact) mass is 262 g/mol. The molecule has 1 aliphatic rings. The minimum Gasteiger partial charge on any atom is -0.335 e. The Morgan fingerprint density at radius 1 is 1.41 bits per heavy atom. The molecule has 1 N–H and O–H groups in total. The quantitative estimate of drug-likeness (QED) is 0.822. The molecular weight excluding hydrogens is 240 g/mol. The van der Waals surface area contributed by atoms with Gasteiger partial charge in [-0.25, -0.2) is 13.2 Å². The van der Waals surface area contributed by atoms with Crippen LogP contribution < -0.4 is 5.32 Å². The van der Waals surface area contributed by atoms with Crippen molar-refractivity contribution in [1.29, 1.82) is 0 Å². The second-order valence-corrected chi connectivity index (χ2v) is 6.97. The van der Waals surface area contributed by atoms with Crippen molar-refractivity contribution in [2.45, 2.75) is 44.4 Å². The first-order chi connectivity index (χ1) is 7.88. The van der Waals surface area contributed by atoms with E-state index in [0.29, 0.717) is 19.5 Å². The fourth-order valence-corrected chi connectivity index (χ4v) is 3.01. The summed E-state index contributed by atoms with van der Waals surface area (Å²) < 4.78 is 22.8. The van der Waals surface area contributed by atoms with E-state index in [4.69, 9.17) is 0 Å². The van der Waals surface area contributed by atoms with Crippen LogP contribution in [0.1, 0.15) is 33.1 Å². The van der Waals surface area contributed by atoms with Crippen molar-refractivity contribution < 1.29 is 13.2 Å². The lowest BCUT2D eigenvalue weighted by Crippen LogP contribution is -2.44. The molecule has 0 radical (unpaired) electrons. The van der Waals surface area contributed by atoms with E-state index in [-0.39, 0.29) is 12.1 Å². The van der Waals surface area contributed by atoms with Gasteiger partial charge in [-0.2, -0.15) is 0 Å². The lowest BCUT2D eigenvalue weighted by molar-refractivity contribution is 0.204. The van der Waals surface area contributed by atoms with E-state index in [1.54, 1.807) is 4.90 Å². The van der Waals surface area contributed by atoms with E-state index < -0.39 is 15.1 Å². The Kier molecular flexibility index (Phi) is 4.80. The average Bonchev–Trinajstić information content (AvgIpc) is 2.74. The summed E-state index contributed by atoms with van der Waals surface area (Å²) in [4.78, 5) is 13.5. The van der Waals surface area contributed by atoms with Gasteiger partial charge in [0.05, 0.1) is 5.25 Å². The van der Waals surface area contributed by atoms with Crippen LogP contribution in [-0.4, -0.2) is 50.0 Å². The number of carbonyl (C=O) groups excluding carboxylic acids is 1. The van der Waals surface area contributed by atoms with E-state index >= 15 is 0 Å². The van der Waals surface area contributed by atoms with Crippen LogP contribution in [0, 0.1) is 0 Å². The van der Waals surface area contributed by atoms with Crippen molar-refractivity contribution in [3.05, 3.63) is 0 Å². The van der Waals surface area contributed by atoms with Crippen LogP contribution >= 0.6 is 0 Å². The van der Waals surface area contributed by atoms with Gasteiger partial charge in [0.2, 0.25) is 0 Å². The summed E-state index contributed by atoms with van der Waals surface area (Å²) in [6.07, 6.45) is 3.58. The Morgan fingerprint density at radius 3 is 2.41 bits per heavy atom. The number of sulfone groups is 1. The molecule has 2 amide bonds. The second-order valence-electron chi connectivity index (χ2n) is 4.65. The fraction of sp³-hybridized carbons (Fsp3) is 0.909. The van der Waals surface area contributed by atoms with E-state index in [0.717, 1.165) is 12.8 Å². The van der Waals surface area contributed by atoms with Gasteiger partial charge in [-0.3, -0.25) is 0 Å². The largest absolute Gasteiger partial charge is 0.335 e. The van der Waals surface area contributed by atoms with Crippen LogP contribution in [0.25, 0.3) is 0 Å². The summed E-state index contributed by atoms with van der Waals surface area (Å²) in [7, 11) is -3.03. The Bertz CT molecular complexity index is 363. The fourth-order valence-electron chi connectivity index (χ4n) is 2.02. The summed E-state index contributed by atoms with van der Waals surface area (Å²) in [5, 5.41) is 2.53. The summed E-state index contributed by atoms with van der Waals surface area (Å²) in [5.41, 5.74) is 0. The zero-order valence-electron chi connectivity index (χ0n) is 10.8. The van der Waals surface area contributed by atoms with E-state index in [2.05, 4.69) is 5.32 Å². The van der Waals surface area contributed by atoms with Crippen molar-refractivity contribution in [3.63, 3.8) is 0 Å². The smallest absolute Gasteiger partial charge is 0.317 e. The molecule has 0 aromatic rings. The maximum Gasteiger partial charge on any atom is 0.317 e. The Balaban J connectivity index is 2.51. The Morgan fingerprint density at radius 2 is 2.00 bits per heavy atom. The zero-order valence-corrected chi connectivity index (χ0v) is 11.6. The SMILES string of the molecule is CCC(CC)NC(=O)N1CCC(S(C)(=O)=O)C1.